The first-order valence-electron chi connectivity index (χ1n) is 6.71. The smallest absolute Gasteiger partial charge is 0.0439 e. The molecule has 19 heavy (non-hydrogen) atoms. The van der Waals surface area contributed by atoms with Gasteiger partial charge >= 0.3 is 0 Å². The Bertz CT molecular complexity index is 690. The van der Waals surface area contributed by atoms with Crippen LogP contribution in [0.4, 0.5) is 5.69 Å². The van der Waals surface area contributed by atoms with Crippen LogP contribution in [0.2, 0.25) is 0 Å². The van der Waals surface area contributed by atoms with Crippen molar-refractivity contribution in [2.45, 2.75) is 13.1 Å². The van der Waals surface area contributed by atoms with Crippen molar-refractivity contribution < 1.29 is 0 Å². The van der Waals surface area contributed by atoms with Gasteiger partial charge in [0.15, 0.2) is 0 Å². The van der Waals surface area contributed by atoms with E-state index < -0.39 is 0 Å². The van der Waals surface area contributed by atoms with E-state index in [0.29, 0.717) is 0 Å². The van der Waals surface area contributed by atoms with Crippen LogP contribution in [-0.4, -0.2) is 0 Å². The van der Waals surface area contributed by atoms with Gasteiger partial charge in [0.1, 0.15) is 0 Å². The normalized spacial score (nSPS) is 13.8. The number of hydrogen-bond acceptors (Lipinski definition) is 1. The first kappa shape index (κ1) is 10.6. The summed E-state index contributed by atoms with van der Waals surface area (Å²) in [7, 11) is 0. The van der Waals surface area contributed by atoms with Crippen LogP contribution in [0, 0.1) is 0 Å². The van der Waals surface area contributed by atoms with Crippen molar-refractivity contribution in [3.63, 3.8) is 0 Å². The molecule has 0 saturated carbocycles. The summed E-state index contributed by atoms with van der Waals surface area (Å²) in [5.74, 6) is 0. The molecule has 1 heteroatoms. The predicted molar refractivity (Wildman–Crippen MR) is 80.3 cm³/mol. The van der Waals surface area contributed by atoms with Gasteiger partial charge in [0, 0.05) is 18.8 Å². The van der Waals surface area contributed by atoms with Crippen LogP contribution in [0.1, 0.15) is 11.1 Å². The van der Waals surface area contributed by atoms with Crippen LogP contribution < -0.4 is 4.90 Å². The Balaban J connectivity index is 1.85. The molecular weight excluding hydrogens is 230 g/mol. The summed E-state index contributed by atoms with van der Waals surface area (Å²) < 4.78 is 0. The Morgan fingerprint density at radius 3 is 1.89 bits per heavy atom. The largest absolute Gasteiger partial charge is 0.363 e. The quantitative estimate of drug-likeness (QED) is 0.615. The first-order valence-corrected chi connectivity index (χ1v) is 6.71. The zero-order valence-corrected chi connectivity index (χ0v) is 10.7. The number of benzene rings is 3. The Hall–Kier alpha value is -2.28. The van der Waals surface area contributed by atoms with Crippen molar-refractivity contribution in [2.24, 2.45) is 0 Å². The van der Waals surface area contributed by atoms with E-state index in [4.69, 9.17) is 0 Å². The number of rotatable bonds is 1. The summed E-state index contributed by atoms with van der Waals surface area (Å²) in [5, 5.41) is 2.82. The molecule has 0 amide bonds. The average Bonchev–Trinajstić information content (AvgIpc) is 2.49. The number of anilines is 1. The van der Waals surface area contributed by atoms with Gasteiger partial charge in [-0.3, -0.25) is 0 Å². The van der Waals surface area contributed by atoms with Crippen LogP contribution in [0.3, 0.4) is 0 Å². The standard InChI is InChI=1S/C18H15N/c1-2-10-17(11-3-1)19-12-15-8-4-6-14-7-5-9-16(13-19)18(14)15/h1-11H,12-13H2. The molecule has 0 spiro atoms. The number of hydrogen-bond donors (Lipinski definition) is 0. The van der Waals surface area contributed by atoms with Gasteiger partial charge in [-0.05, 0) is 34.0 Å². The molecule has 0 atom stereocenters. The second-order valence-electron chi connectivity index (χ2n) is 5.12. The van der Waals surface area contributed by atoms with Gasteiger partial charge in [-0.15, -0.1) is 0 Å². The lowest BCUT2D eigenvalue weighted by atomic mass is 9.95. The molecule has 0 saturated heterocycles. The second kappa shape index (κ2) is 4.13. The first-order chi connectivity index (χ1) is 9.42. The van der Waals surface area contributed by atoms with Crippen molar-refractivity contribution in [2.75, 3.05) is 4.90 Å². The molecule has 0 bridgehead atoms. The molecule has 3 aromatic rings. The molecule has 1 aliphatic heterocycles. The van der Waals surface area contributed by atoms with Gasteiger partial charge in [-0.1, -0.05) is 54.6 Å². The Morgan fingerprint density at radius 1 is 0.632 bits per heavy atom. The SMILES string of the molecule is c1ccc(N2Cc3cccc4cccc(c34)C2)cc1. The topological polar surface area (TPSA) is 3.24 Å². The zero-order chi connectivity index (χ0) is 12.7. The summed E-state index contributed by atoms with van der Waals surface area (Å²) >= 11 is 0. The predicted octanol–water partition coefficient (Wildman–Crippen LogP) is 4.36. The van der Waals surface area contributed by atoms with E-state index in [0.717, 1.165) is 13.1 Å². The molecule has 1 nitrogen and oxygen atoms in total. The third-order valence-electron chi connectivity index (χ3n) is 3.92. The van der Waals surface area contributed by atoms with E-state index in [2.05, 4.69) is 71.6 Å². The van der Waals surface area contributed by atoms with Gasteiger partial charge in [0.05, 0.1) is 0 Å². The molecule has 0 aliphatic carbocycles. The third-order valence-corrected chi connectivity index (χ3v) is 3.92. The number of nitrogens with zero attached hydrogens (tertiary/aromatic N) is 1. The fraction of sp³-hybridized carbons (Fsp3) is 0.111. The van der Waals surface area contributed by atoms with E-state index in [9.17, 15) is 0 Å². The molecule has 4 rings (SSSR count). The molecule has 3 aromatic carbocycles. The summed E-state index contributed by atoms with van der Waals surface area (Å²) in [6, 6.07) is 23.9. The third kappa shape index (κ3) is 1.70. The maximum absolute atomic E-state index is 2.44. The molecule has 0 aromatic heterocycles. The molecule has 1 aliphatic rings. The highest BCUT2D eigenvalue weighted by molar-refractivity contribution is 5.90. The van der Waals surface area contributed by atoms with E-state index in [1.165, 1.54) is 27.6 Å². The molecule has 0 N–H and O–H groups in total. The van der Waals surface area contributed by atoms with E-state index in [-0.39, 0.29) is 0 Å². The second-order valence-corrected chi connectivity index (χ2v) is 5.12. The Morgan fingerprint density at radius 2 is 1.26 bits per heavy atom. The Labute approximate surface area is 113 Å². The van der Waals surface area contributed by atoms with Gasteiger partial charge in [0.2, 0.25) is 0 Å². The summed E-state index contributed by atoms with van der Waals surface area (Å²) in [6.07, 6.45) is 0. The molecule has 0 fully saturated rings. The fourth-order valence-corrected chi connectivity index (χ4v) is 3.05. The molecule has 0 radical (unpaired) electrons. The van der Waals surface area contributed by atoms with Gasteiger partial charge < -0.3 is 4.90 Å². The van der Waals surface area contributed by atoms with Crippen LogP contribution in [0.5, 0.6) is 0 Å². The lowest BCUT2D eigenvalue weighted by Crippen LogP contribution is -2.25. The van der Waals surface area contributed by atoms with Crippen molar-refractivity contribution in [1.82, 2.24) is 0 Å². The van der Waals surface area contributed by atoms with Crippen molar-refractivity contribution in [1.29, 1.82) is 0 Å². The average molecular weight is 245 g/mol. The minimum Gasteiger partial charge on any atom is -0.363 e. The summed E-state index contributed by atoms with van der Waals surface area (Å²) in [5.41, 5.74) is 4.17. The lowest BCUT2D eigenvalue weighted by molar-refractivity contribution is 0.788. The molecular formula is C18H15N. The van der Waals surface area contributed by atoms with Gasteiger partial charge in [0.25, 0.3) is 0 Å². The van der Waals surface area contributed by atoms with Crippen molar-refractivity contribution in [3.8, 4) is 0 Å². The Kier molecular flexibility index (Phi) is 2.31. The lowest BCUT2D eigenvalue weighted by Gasteiger charge is -2.31. The van der Waals surface area contributed by atoms with E-state index in [1.807, 2.05) is 0 Å². The van der Waals surface area contributed by atoms with Crippen LogP contribution in [0.15, 0.2) is 66.7 Å². The monoisotopic (exact) mass is 245 g/mol. The zero-order valence-electron chi connectivity index (χ0n) is 10.7. The molecule has 0 unspecified atom stereocenters. The molecule has 1 heterocycles. The van der Waals surface area contributed by atoms with Gasteiger partial charge in [-0.25, -0.2) is 0 Å². The minimum atomic E-state index is 0.998. The van der Waals surface area contributed by atoms with E-state index >= 15 is 0 Å². The maximum atomic E-state index is 2.44. The fourth-order valence-electron chi connectivity index (χ4n) is 3.05. The van der Waals surface area contributed by atoms with E-state index in [1.54, 1.807) is 0 Å². The van der Waals surface area contributed by atoms with Crippen molar-refractivity contribution in [3.05, 3.63) is 77.9 Å². The highest BCUT2D eigenvalue weighted by atomic mass is 15.1. The highest BCUT2D eigenvalue weighted by Crippen LogP contribution is 2.32. The van der Waals surface area contributed by atoms with Crippen molar-refractivity contribution >= 4 is 16.5 Å². The highest BCUT2D eigenvalue weighted by Gasteiger charge is 2.17. The van der Waals surface area contributed by atoms with Crippen LogP contribution in [0.25, 0.3) is 10.8 Å². The minimum absolute atomic E-state index is 0.998. The maximum Gasteiger partial charge on any atom is 0.0439 e. The van der Waals surface area contributed by atoms with Crippen LogP contribution in [-0.2, 0) is 13.1 Å². The molecule has 92 valence electrons. The number of para-hydroxylation sites is 1. The summed E-state index contributed by atoms with van der Waals surface area (Å²) in [4.78, 5) is 2.44. The van der Waals surface area contributed by atoms with Crippen LogP contribution >= 0.6 is 0 Å². The van der Waals surface area contributed by atoms with Gasteiger partial charge in [-0.2, -0.15) is 0 Å². The summed E-state index contributed by atoms with van der Waals surface area (Å²) in [6.45, 7) is 2.00.